The molecule has 0 aromatic carbocycles. The summed E-state index contributed by atoms with van der Waals surface area (Å²) in [7, 11) is -2.92. The number of hydrogen-bond donors (Lipinski definition) is 1. The summed E-state index contributed by atoms with van der Waals surface area (Å²) < 4.78 is 27.0. The second-order valence-corrected chi connectivity index (χ2v) is 11.7. The van der Waals surface area contributed by atoms with Gasteiger partial charge >= 0.3 is 0 Å². The van der Waals surface area contributed by atoms with Gasteiger partial charge in [0.05, 0.1) is 17.7 Å². The van der Waals surface area contributed by atoms with Crippen molar-refractivity contribution in [3.05, 3.63) is 60.2 Å². The van der Waals surface area contributed by atoms with Gasteiger partial charge in [-0.3, -0.25) is 9.69 Å². The van der Waals surface area contributed by atoms with E-state index in [-0.39, 0.29) is 23.5 Å². The Hall–Kier alpha value is -3.84. The van der Waals surface area contributed by atoms with E-state index in [9.17, 15) is 13.2 Å². The van der Waals surface area contributed by atoms with Gasteiger partial charge in [-0.25, -0.2) is 22.9 Å². The van der Waals surface area contributed by atoms with E-state index in [0.29, 0.717) is 48.2 Å². The highest BCUT2D eigenvalue weighted by atomic mass is 32.2. The molecule has 6 heterocycles. The average Bonchev–Trinajstić information content (AvgIpc) is 3.61. The number of anilines is 2. The number of hydrogen-bond acceptors (Lipinski definition) is 9. The number of sulfone groups is 1. The molecule has 13 heteroatoms. The zero-order chi connectivity index (χ0) is 25.6. The van der Waals surface area contributed by atoms with E-state index in [0.717, 1.165) is 18.7 Å². The predicted molar refractivity (Wildman–Crippen MR) is 138 cm³/mol. The maximum atomic E-state index is 13.2. The Morgan fingerprint density at radius 2 is 1.92 bits per heavy atom. The van der Waals surface area contributed by atoms with Crippen LogP contribution in [-0.4, -0.2) is 92.3 Å². The quantitative estimate of drug-likeness (QED) is 0.411. The van der Waals surface area contributed by atoms with Crippen LogP contribution in [0.15, 0.2) is 49.1 Å². The second kappa shape index (κ2) is 9.23. The minimum Gasteiger partial charge on any atom is -0.353 e. The fourth-order valence-corrected chi connectivity index (χ4v) is 6.68. The summed E-state index contributed by atoms with van der Waals surface area (Å²) >= 11 is 0. The Kier molecular flexibility index (Phi) is 5.88. The van der Waals surface area contributed by atoms with Crippen LogP contribution in [0, 0.1) is 6.92 Å². The molecular formula is C24H27N9O3S. The maximum Gasteiger partial charge on any atom is 0.262 e. The van der Waals surface area contributed by atoms with Gasteiger partial charge in [0.1, 0.15) is 11.4 Å². The lowest BCUT2D eigenvalue weighted by Gasteiger charge is -2.37. The average molecular weight is 522 g/mol. The topological polar surface area (TPSA) is 131 Å². The molecule has 0 aliphatic carbocycles. The molecule has 2 aliphatic rings. The molecule has 2 fully saturated rings. The minimum atomic E-state index is -2.92. The maximum absolute atomic E-state index is 13.2. The highest BCUT2D eigenvalue weighted by Gasteiger charge is 2.34. The van der Waals surface area contributed by atoms with Crippen LogP contribution in [0.4, 0.5) is 11.6 Å². The number of nitrogens with one attached hydrogen (secondary N) is 1. The van der Waals surface area contributed by atoms with Crippen LogP contribution in [0.1, 0.15) is 22.3 Å². The Balaban J connectivity index is 1.25. The van der Waals surface area contributed by atoms with E-state index in [4.69, 9.17) is 5.10 Å². The molecule has 37 heavy (non-hydrogen) atoms. The van der Waals surface area contributed by atoms with Gasteiger partial charge in [0.25, 0.3) is 5.91 Å². The fraction of sp³-hybridized carbons (Fsp3) is 0.375. The molecule has 12 nitrogen and oxygen atoms in total. The molecule has 1 amide bonds. The van der Waals surface area contributed by atoms with Crippen molar-refractivity contribution in [2.45, 2.75) is 19.4 Å². The van der Waals surface area contributed by atoms with Gasteiger partial charge < -0.3 is 10.2 Å². The molecule has 2 saturated heterocycles. The van der Waals surface area contributed by atoms with Crippen LogP contribution in [0.25, 0.3) is 11.5 Å². The summed E-state index contributed by atoms with van der Waals surface area (Å²) in [5.41, 5.74) is 1.83. The molecule has 6 rings (SSSR count). The summed E-state index contributed by atoms with van der Waals surface area (Å²) in [5.74, 6) is 1.96. The molecule has 0 saturated carbocycles. The summed E-state index contributed by atoms with van der Waals surface area (Å²) in [6.07, 6.45) is 7.30. The van der Waals surface area contributed by atoms with Crippen LogP contribution >= 0.6 is 0 Å². The Morgan fingerprint density at radius 3 is 2.65 bits per heavy atom. The van der Waals surface area contributed by atoms with E-state index >= 15 is 0 Å². The lowest BCUT2D eigenvalue weighted by atomic mass is 10.2. The first-order valence-corrected chi connectivity index (χ1v) is 14.0. The first-order chi connectivity index (χ1) is 17.9. The third-order valence-corrected chi connectivity index (χ3v) is 8.69. The molecule has 1 atom stereocenters. The lowest BCUT2D eigenvalue weighted by molar-refractivity contribution is 0.102. The summed E-state index contributed by atoms with van der Waals surface area (Å²) in [6.45, 7) is 4.89. The molecule has 192 valence electrons. The first kappa shape index (κ1) is 23.6. The lowest BCUT2D eigenvalue weighted by Crippen LogP contribution is -2.50. The highest BCUT2D eigenvalue weighted by Crippen LogP contribution is 2.26. The standard InChI is InChI=1S/C24H27N9O3S/c1-17-3-4-20(26-14-17)33-21(28-24(34)19-15-27-32-7-2-6-25-23(19)32)13-22(29-33)31-10-8-30(9-11-31)18-5-12-37(35,36)16-18/h2-4,6-7,13-15,18H,5,8-12,16H2,1H3,(H,28,34). The summed E-state index contributed by atoms with van der Waals surface area (Å²) in [5, 5.41) is 12.0. The second-order valence-electron chi connectivity index (χ2n) is 9.47. The fourth-order valence-electron chi connectivity index (χ4n) is 4.92. The van der Waals surface area contributed by atoms with Gasteiger partial charge in [-0.15, -0.1) is 5.10 Å². The van der Waals surface area contributed by atoms with Gasteiger partial charge in [-0.1, -0.05) is 6.07 Å². The summed E-state index contributed by atoms with van der Waals surface area (Å²) in [6, 6.07) is 7.48. The van der Waals surface area contributed by atoms with Crippen molar-refractivity contribution in [2.75, 3.05) is 47.9 Å². The van der Waals surface area contributed by atoms with Gasteiger partial charge in [0.15, 0.2) is 27.1 Å². The van der Waals surface area contributed by atoms with Gasteiger partial charge in [-0.05, 0) is 31.0 Å². The van der Waals surface area contributed by atoms with Crippen molar-refractivity contribution in [1.82, 2.24) is 34.3 Å². The zero-order valence-corrected chi connectivity index (χ0v) is 21.2. The molecule has 2 aliphatic heterocycles. The zero-order valence-electron chi connectivity index (χ0n) is 20.4. The number of aryl methyl sites for hydroxylation is 1. The van der Waals surface area contributed by atoms with Crippen molar-refractivity contribution in [2.24, 2.45) is 0 Å². The third-order valence-electron chi connectivity index (χ3n) is 6.94. The SMILES string of the molecule is Cc1ccc(-n2nc(N3CCN(C4CCS(=O)(=O)C4)CC3)cc2NC(=O)c2cnn3cccnc23)nc1. The van der Waals surface area contributed by atoms with Gasteiger partial charge in [0.2, 0.25) is 0 Å². The van der Waals surface area contributed by atoms with Crippen molar-refractivity contribution >= 4 is 33.0 Å². The largest absolute Gasteiger partial charge is 0.353 e. The van der Waals surface area contributed by atoms with Crippen LogP contribution in [-0.2, 0) is 9.84 Å². The van der Waals surface area contributed by atoms with E-state index in [1.165, 1.54) is 6.20 Å². The number of amides is 1. The number of pyridine rings is 1. The van der Waals surface area contributed by atoms with Crippen molar-refractivity contribution in [1.29, 1.82) is 0 Å². The van der Waals surface area contributed by atoms with Gasteiger partial charge in [0, 0.05) is 56.9 Å². The number of aromatic nitrogens is 6. The van der Waals surface area contributed by atoms with Crippen LogP contribution in [0.5, 0.6) is 0 Å². The van der Waals surface area contributed by atoms with E-state index in [1.54, 1.807) is 33.9 Å². The number of nitrogens with zero attached hydrogens (tertiary/aromatic N) is 8. The number of carbonyl (C=O) groups excluding carboxylic acids is 1. The Morgan fingerprint density at radius 1 is 1.08 bits per heavy atom. The normalized spacial score (nSPS) is 19.9. The molecule has 0 radical (unpaired) electrons. The monoisotopic (exact) mass is 521 g/mol. The van der Waals surface area contributed by atoms with Crippen LogP contribution in [0.3, 0.4) is 0 Å². The van der Waals surface area contributed by atoms with Crippen molar-refractivity contribution < 1.29 is 13.2 Å². The number of piperazine rings is 1. The van der Waals surface area contributed by atoms with E-state index in [2.05, 4.69) is 30.2 Å². The van der Waals surface area contributed by atoms with E-state index in [1.807, 2.05) is 25.1 Å². The third kappa shape index (κ3) is 4.67. The molecule has 4 aromatic heterocycles. The van der Waals surface area contributed by atoms with Crippen LogP contribution in [0.2, 0.25) is 0 Å². The smallest absolute Gasteiger partial charge is 0.262 e. The Bertz CT molecular complexity index is 1550. The first-order valence-electron chi connectivity index (χ1n) is 12.2. The summed E-state index contributed by atoms with van der Waals surface area (Å²) in [4.78, 5) is 26.4. The van der Waals surface area contributed by atoms with Crippen molar-refractivity contribution in [3.8, 4) is 5.82 Å². The predicted octanol–water partition coefficient (Wildman–Crippen LogP) is 1.18. The number of carbonyl (C=O) groups is 1. The highest BCUT2D eigenvalue weighted by molar-refractivity contribution is 7.91. The van der Waals surface area contributed by atoms with E-state index < -0.39 is 9.84 Å². The van der Waals surface area contributed by atoms with Crippen LogP contribution < -0.4 is 10.2 Å². The molecule has 1 unspecified atom stereocenters. The number of fused-ring (bicyclic) bond motifs is 1. The minimum absolute atomic E-state index is 0.0933. The molecular weight excluding hydrogens is 494 g/mol. The molecule has 0 bridgehead atoms. The molecule has 4 aromatic rings. The number of rotatable bonds is 5. The molecule has 1 N–H and O–H groups in total. The van der Waals surface area contributed by atoms with Crippen molar-refractivity contribution in [3.63, 3.8) is 0 Å². The Labute approximate surface area is 213 Å². The van der Waals surface area contributed by atoms with Gasteiger partial charge in [-0.2, -0.15) is 9.78 Å². The molecule has 0 spiro atoms.